The second kappa shape index (κ2) is 3.38. The van der Waals surface area contributed by atoms with Gasteiger partial charge in [0.25, 0.3) is 0 Å². The third kappa shape index (κ3) is 1.85. The number of aromatic nitrogens is 1. The van der Waals surface area contributed by atoms with Gasteiger partial charge in [-0.1, -0.05) is 11.8 Å². The Labute approximate surface area is 68.6 Å². The van der Waals surface area contributed by atoms with E-state index in [9.17, 15) is 0 Å². The average molecular weight is 195 g/mol. The molecule has 49 valence electrons. The Balaban J connectivity index is 3.03. The first-order valence-corrected chi connectivity index (χ1v) is 3.51. The lowest BCUT2D eigenvalue weighted by atomic mass is 10.3. The first-order valence-electron chi connectivity index (χ1n) is 2.71. The molecule has 0 spiro atoms. The van der Waals surface area contributed by atoms with Crippen LogP contribution in [0.15, 0.2) is 22.9 Å². The van der Waals surface area contributed by atoms with E-state index in [4.69, 9.17) is 0 Å². The zero-order valence-electron chi connectivity index (χ0n) is 5.26. The maximum Gasteiger partial charge on any atom is 0.0439 e. The molecule has 1 radical (unpaired) electrons. The van der Waals surface area contributed by atoms with Crippen molar-refractivity contribution >= 4 is 15.9 Å². The first-order chi connectivity index (χ1) is 4.83. The van der Waals surface area contributed by atoms with Gasteiger partial charge in [-0.15, -0.1) is 0 Å². The maximum atomic E-state index is 3.93. The van der Waals surface area contributed by atoms with Crippen LogP contribution < -0.4 is 0 Å². The van der Waals surface area contributed by atoms with Gasteiger partial charge < -0.3 is 0 Å². The summed E-state index contributed by atoms with van der Waals surface area (Å²) >= 11 is 3.28. The molecule has 1 nitrogen and oxygen atoms in total. The lowest BCUT2D eigenvalue weighted by Gasteiger charge is -1.88. The Hall–Kier alpha value is -0.810. The molecule has 10 heavy (non-hydrogen) atoms. The normalized spacial score (nSPS) is 8.20. The summed E-state index contributed by atoms with van der Waals surface area (Å²) in [6.07, 6.45) is 3.41. The summed E-state index contributed by atoms with van der Waals surface area (Å²) in [5.41, 5.74) is 0.879. The van der Waals surface area contributed by atoms with Crippen LogP contribution in [0.2, 0.25) is 0 Å². The first kappa shape index (κ1) is 7.30. The van der Waals surface area contributed by atoms with Gasteiger partial charge in [0.05, 0.1) is 0 Å². The number of hydrogen-bond donors (Lipinski definition) is 0. The fourth-order valence-corrected chi connectivity index (χ4v) is 0.947. The summed E-state index contributed by atoms with van der Waals surface area (Å²) in [5.74, 6) is 5.35. The molecule has 1 heterocycles. The molecule has 0 aliphatic heterocycles. The number of halogens is 1. The van der Waals surface area contributed by atoms with Crippen molar-refractivity contribution in [1.29, 1.82) is 0 Å². The summed E-state index contributed by atoms with van der Waals surface area (Å²) in [4.78, 5) is 3.93. The van der Waals surface area contributed by atoms with Crippen molar-refractivity contribution in [3.05, 3.63) is 35.4 Å². The van der Waals surface area contributed by atoms with Crippen LogP contribution in [0.1, 0.15) is 5.56 Å². The molecule has 0 amide bonds. The molecule has 0 aliphatic carbocycles. The van der Waals surface area contributed by atoms with Crippen molar-refractivity contribution in [1.82, 2.24) is 4.98 Å². The van der Waals surface area contributed by atoms with Crippen LogP contribution in [0.3, 0.4) is 0 Å². The second-order valence-electron chi connectivity index (χ2n) is 1.69. The molecule has 0 saturated heterocycles. The van der Waals surface area contributed by atoms with Crippen LogP contribution in [-0.2, 0) is 0 Å². The van der Waals surface area contributed by atoms with Crippen LogP contribution in [0, 0.1) is 18.8 Å². The van der Waals surface area contributed by atoms with E-state index < -0.39 is 0 Å². The smallest absolute Gasteiger partial charge is 0.0439 e. The highest BCUT2D eigenvalue weighted by atomic mass is 79.9. The highest BCUT2D eigenvalue weighted by molar-refractivity contribution is 9.10. The number of nitrogens with zero attached hydrogens (tertiary/aromatic N) is 1. The summed E-state index contributed by atoms with van der Waals surface area (Å²) in [6.45, 7) is 3.41. The van der Waals surface area contributed by atoms with Crippen LogP contribution in [0.25, 0.3) is 0 Å². The Morgan fingerprint density at radius 1 is 1.50 bits per heavy atom. The molecule has 1 aromatic heterocycles. The van der Waals surface area contributed by atoms with Crippen LogP contribution in [-0.4, -0.2) is 4.98 Å². The van der Waals surface area contributed by atoms with E-state index in [1.807, 2.05) is 6.07 Å². The van der Waals surface area contributed by atoms with Gasteiger partial charge in [-0.05, 0) is 22.0 Å². The van der Waals surface area contributed by atoms with E-state index >= 15 is 0 Å². The molecular weight excluding hydrogens is 190 g/mol. The van der Waals surface area contributed by atoms with Gasteiger partial charge in [-0.3, -0.25) is 4.98 Å². The topological polar surface area (TPSA) is 12.9 Å². The Kier molecular flexibility index (Phi) is 2.47. The number of hydrogen-bond acceptors (Lipinski definition) is 1. The zero-order chi connectivity index (χ0) is 7.40. The minimum absolute atomic E-state index is 0.879. The van der Waals surface area contributed by atoms with Gasteiger partial charge in [0.2, 0.25) is 0 Å². The lowest BCUT2D eigenvalue weighted by Crippen LogP contribution is -1.76. The maximum absolute atomic E-state index is 3.93. The Morgan fingerprint density at radius 3 is 2.90 bits per heavy atom. The number of pyridine rings is 1. The van der Waals surface area contributed by atoms with Crippen LogP contribution in [0.4, 0.5) is 0 Å². The van der Waals surface area contributed by atoms with Crippen LogP contribution in [0.5, 0.6) is 0 Å². The van der Waals surface area contributed by atoms with Crippen molar-refractivity contribution in [3.8, 4) is 11.8 Å². The second-order valence-corrected chi connectivity index (χ2v) is 2.61. The van der Waals surface area contributed by atoms with Crippen molar-refractivity contribution < 1.29 is 0 Å². The molecule has 1 aromatic rings. The molecule has 0 fully saturated rings. The predicted octanol–water partition coefficient (Wildman–Crippen LogP) is 2.03. The minimum atomic E-state index is 0.879. The van der Waals surface area contributed by atoms with Gasteiger partial charge in [0, 0.05) is 29.4 Å². The van der Waals surface area contributed by atoms with Crippen molar-refractivity contribution in [2.45, 2.75) is 0 Å². The monoisotopic (exact) mass is 194 g/mol. The van der Waals surface area contributed by atoms with Crippen LogP contribution >= 0.6 is 15.9 Å². The van der Waals surface area contributed by atoms with E-state index in [0.717, 1.165) is 10.0 Å². The van der Waals surface area contributed by atoms with Gasteiger partial charge in [-0.2, -0.15) is 0 Å². The zero-order valence-corrected chi connectivity index (χ0v) is 6.85. The fourth-order valence-electron chi connectivity index (χ4n) is 0.582. The largest absolute Gasteiger partial charge is 0.262 e. The SMILES string of the molecule is [CH2]C#Cc1cncc(Br)c1. The van der Waals surface area contributed by atoms with Gasteiger partial charge in [0.1, 0.15) is 0 Å². The fraction of sp³-hybridized carbons (Fsp3) is 0. The molecular formula is C8H5BrN. The molecule has 0 aliphatic rings. The van der Waals surface area contributed by atoms with Crippen molar-refractivity contribution in [2.75, 3.05) is 0 Å². The summed E-state index contributed by atoms with van der Waals surface area (Å²) in [6, 6.07) is 1.89. The molecule has 0 unspecified atom stereocenters. The molecule has 0 saturated carbocycles. The van der Waals surface area contributed by atoms with E-state index in [2.05, 4.69) is 39.7 Å². The average Bonchev–Trinajstić information content (AvgIpc) is 1.88. The standard InChI is InChI=1S/C8H5BrN/c1-2-3-7-4-8(9)6-10-5-7/h4-6H,1H2. The van der Waals surface area contributed by atoms with E-state index in [0.29, 0.717) is 0 Å². The molecule has 0 aromatic carbocycles. The third-order valence-corrected chi connectivity index (χ3v) is 1.37. The Morgan fingerprint density at radius 2 is 2.30 bits per heavy atom. The highest BCUT2D eigenvalue weighted by Gasteiger charge is 1.87. The molecule has 0 atom stereocenters. The number of rotatable bonds is 0. The third-order valence-electron chi connectivity index (χ3n) is 0.938. The Bertz CT molecular complexity index is 283. The highest BCUT2D eigenvalue weighted by Crippen LogP contribution is 2.07. The molecule has 1 rings (SSSR count). The van der Waals surface area contributed by atoms with Crippen molar-refractivity contribution in [3.63, 3.8) is 0 Å². The summed E-state index contributed by atoms with van der Waals surface area (Å²) in [7, 11) is 0. The summed E-state index contributed by atoms with van der Waals surface area (Å²) in [5, 5.41) is 0. The van der Waals surface area contributed by atoms with E-state index in [1.54, 1.807) is 12.4 Å². The minimum Gasteiger partial charge on any atom is -0.262 e. The molecule has 0 N–H and O–H groups in total. The lowest BCUT2D eigenvalue weighted by molar-refractivity contribution is 1.29. The quantitative estimate of drug-likeness (QED) is 0.577. The predicted molar refractivity (Wildman–Crippen MR) is 44.2 cm³/mol. The van der Waals surface area contributed by atoms with E-state index in [1.165, 1.54) is 0 Å². The van der Waals surface area contributed by atoms with Gasteiger partial charge in [0.15, 0.2) is 0 Å². The van der Waals surface area contributed by atoms with Crippen molar-refractivity contribution in [2.24, 2.45) is 0 Å². The summed E-state index contributed by atoms with van der Waals surface area (Å²) < 4.78 is 0.938. The van der Waals surface area contributed by atoms with Gasteiger partial charge in [-0.25, -0.2) is 0 Å². The van der Waals surface area contributed by atoms with Gasteiger partial charge >= 0.3 is 0 Å². The van der Waals surface area contributed by atoms with E-state index in [-0.39, 0.29) is 0 Å². The molecule has 0 bridgehead atoms. The molecule has 2 heteroatoms.